The lowest BCUT2D eigenvalue weighted by atomic mass is 9.98. The number of rotatable bonds is 10. The maximum absolute atomic E-state index is 12.8. The summed E-state index contributed by atoms with van der Waals surface area (Å²) < 4.78 is 9.76. The fourth-order valence-corrected chi connectivity index (χ4v) is 2.70. The van der Waals surface area contributed by atoms with Gasteiger partial charge in [0, 0.05) is 11.3 Å². The van der Waals surface area contributed by atoms with Gasteiger partial charge in [-0.3, -0.25) is 14.9 Å². The number of hydrogen-bond acceptors (Lipinski definition) is 7. The number of ether oxygens (including phenoxy) is 2. The standard InChI is InChI=1S/C21H22N2O7/c1-2-29-20(25)18(23(27)28)19(24)17(13-15-9-5-3-6-10-15)22-21(26)30-14-16-11-7-4-8-12-16/h3-12,17-18H,2,13-14H2,1H3,(H,22,26). The molecule has 0 aliphatic carbocycles. The highest BCUT2D eigenvalue weighted by Crippen LogP contribution is 2.10. The van der Waals surface area contributed by atoms with Gasteiger partial charge in [-0.2, -0.15) is 0 Å². The number of hydrogen-bond donors (Lipinski definition) is 1. The summed E-state index contributed by atoms with van der Waals surface area (Å²) in [6.07, 6.45) is -0.983. The highest BCUT2D eigenvalue weighted by molar-refractivity contribution is 6.05. The Labute approximate surface area is 173 Å². The maximum Gasteiger partial charge on any atom is 0.408 e. The summed E-state index contributed by atoms with van der Waals surface area (Å²) in [5.41, 5.74) is 1.37. The largest absolute Gasteiger partial charge is 0.461 e. The molecule has 2 unspecified atom stereocenters. The molecule has 0 saturated carbocycles. The van der Waals surface area contributed by atoms with Gasteiger partial charge in [0.2, 0.25) is 5.78 Å². The molecule has 0 bridgehead atoms. The van der Waals surface area contributed by atoms with E-state index in [0.29, 0.717) is 5.56 Å². The van der Waals surface area contributed by atoms with Gasteiger partial charge in [-0.05, 0) is 18.1 Å². The van der Waals surface area contributed by atoms with Crippen LogP contribution in [0.5, 0.6) is 0 Å². The molecule has 0 fully saturated rings. The zero-order chi connectivity index (χ0) is 21.9. The summed E-state index contributed by atoms with van der Waals surface area (Å²) in [4.78, 5) is 47.3. The fraction of sp³-hybridized carbons (Fsp3) is 0.286. The highest BCUT2D eigenvalue weighted by Gasteiger charge is 2.44. The van der Waals surface area contributed by atoms with Gasteiger partial charge in [0.05, 0.1) is 6.61 Å². The van der Waals surface area contributed by atoms with Crippen molar-refractivity contribution < 1.29 is 28.8 Å². The molecule has 158 valence electrons. The van der Waals surface area contributed by atoms with Crippen LogP contribution in [0.4, 0.5) is 4.79 Å². The first-order valence-electron chi connectivity index (χ1n) is 9.27. The van der Waals surface area contributed by atoms with E-state index >= 15 is 0 Å². The Bertz CT molecular complexity index is 871. The third-order valence-corrected chi connectivity index (χ3v) is 4.12. The average Bonchev–Trinajstić information content (AvgIpc) is 2.73. The lowest BCUT2D eigenvalue weighted by Crippen LogP contribution is -2.52. The first-order chi connectivity index (χ1) is 14.4. The van der Waals surface area contributed by atoms with Crippen molar-refractivity contribution in [2.75, 3.05) is 6.61 Å². The Morgan fingerprint density at radius 2 is 1.53 bits per heavy atom. The summed E-state index contributed by atoms with van der Waals surface area (Å²) in [6.45, 7) is 1.31. The van der Waals surface area contributed by atoms with Gasteiger partial charge >= 0.3 is 18.1 Å². The number of nitrogens with one attached hydrogen (secondary N) is 1. The number of amides is 1. The molecular weight excluding hydrogens is 392 g/mol. The summed E-state index contributed by atoms with van der Waals surface area (Å²) in [5, 5.41) is 13.7. The molecule has 30 heavy (non-hydrogen) atoms. The molecule has 0 aliphatic heterocycles. The highest BCUT2D eigenvalue weighted by atomic mass is 16.6. The van der Waals surface area contributed by atoms with E-state index in [4.69, 9.17) is 4.74 Å². The Kier molecular flexibility index (Phi) is 8.49. The smallest absolute Gasteiger partial charge is 0.408 e. The normalized spacial score (nSPS) is 12.3. The quantitative estimate of drug-likeness (QED) is 0.274. The summed E-state index contributed by atoms with van der Waals surface area (Å²) in [6, 6.07) is 13.9. The third-order valence-electron chi connectivity index (χ3n) is 4.12. The number of benzene rings is 2. The van der Waals surface area contributed by atoms with Crippen molar-refractivity contribution in [3.05, 3.63) is 81.9 Å². The number of carbonyl (C=O) groups excluding carboxylic acids is 3. The van der Waals surface area contributed by atoms with Crippen LogP contribution < -0.4 is 5.32 Å². The molecule has 0 radical (unpaired) electrons. The van der Waals surface area contributed by atoms with E-state index < -0.39 is 34.9 Å². The molecule has 2 aromatic rings. The summed E-state index contributed by atoms with van der Waals surface area (Å²) in [5.74, 6) is -2.36. The second kappa shape index (κ2) is 11.3. The first-order valence-corrected chi connectivity index (χ1v) is 9.27. The number of carbonyl (C=O) groups is 3. The predicted octanol–water partition coefficient (Wildman–Crippen LogP) is 2.30. The third kappa shape index (κ3) is 6.69. The van der Waals surface area contributed by atoms with Gasteiger partial charge in [-0.1, -0.05) is 60.7 Å². The molecule has 2 atom stereocenters. The van der Waals surface area contributed by atoms with Gasteiger partial charge < -0.3 is 14.8 Å². The van der Waals surface area contributed by atoms with Crippen LogP contribution in [-0.2, 0) is 32.1 Å². The van der Waals surface area contributed by atoms with E-state index in [2.05, 4.69) is 10.1 Å². The predicted molar refractivity (Wildman–Crippen MR) is 106 cm³/mol. The summed E-state index contributed by atoms with van der Waals surface area (Å²) in [7, 11) is 0. The van der Waals surface area contributed by atoms with Crippen LogP contribution in [-0.4, -0.2) is 41.5 Å². The van der Waals surface area contributed by atoms with E-state index in [9.17, 15) is 24.5 Å². The van der Waals surface area contributed by atoms with Gasteiger partial charge in [-0.15, -0.1) is 0 Å². The van der Waals surface area contributed by atoms with Crippen molar-refractivity contribution >= 4 is 17.8 Å². The SMILES string of the molecule is CCOC(=O)C(C(=O)C(Cc1ccccc1)NC(=O)OCc1ccccc1)[N+](=O)[O-]. The van der Waals surface area contributed by atoms with Crippen molar-refractivity contribution in [1.82, 2.24) is 5.32 Å². The summed E-state index contributed by atoms with van der Waals surface area (Å²) >= 11 is 0. The Morgan fingerprint density at radius 1 is 0.967 bits per heavy atom. The van der Waals surface area contributed by atoms with Crippen LogP contribution in [0.3, 0.4) is 0 Å². The molecule has 9 heteroatoms. The Balaban J connectivity index is 2.16. The van der Waals surface area contributed by atoms with Gasteiger partial charge in [0.1, 0.15) is 12.6 Å². The van der Waals surface area contributed by atoms with E-state index in [-0.39, 0.29) is 19.6 Å². The Morgan fingerprint density at radius 3 is 2.07 bits per heavy atom. The van der Waals surface area contributed by atoms with Crippen molar-refractivity contribution in [2.24, 2.45) is 0 Å². The molecule has 0 heterocycles. The van der Waals surface area contributed by atoms with Crippen LogP contribution in [0.25, 0.3) is 0 Å². The fourth-order valence-electron chi connectivity index (χ4n) is 2.70. The van der Waals surface area contributed by atoms with Crippen molar-refractivity contribution in [1.29, 1.82) is 0 Å². The second-order valence-corrected chi connectivity index (χ2v) is 6.29. The number of esters is 1. The number of alkyl carbamates (subject to hydrolysis) is 1. The van der Waals surface area contributed by atoms with E-state index in [1.54, 1.807) is 54.6 Å². The molecule has 0 spiro atoms. The van der Waals surface area contributed by atoms with Crippen LogP contribution in [0.2, 0.25) is 0 Å². The molecule has 0 aromatic heterocycles. The number of nitrogens with zero attached hydrogens (tertiary/aromatic N) is 1. The lowest BCUT2D eigenvalue weighted by Gasteiger charge is -2.19. The minimum Gasteiger partial charge on any atom is -0.461 e. The maximum atomic E-state index is 12.8. The minimum atomic E-state index is -2.24. The van der Waals surface area contributed by atoms with Crippen molar-refractivity contribution in [3.8, 4) is 0 Å². The molecule has 2 aromatic carbocycles. The zero-order valence-corrected chi connectivity index (χ0v) is 16.4. The molecule has 1 N–H and O–H groups in total. The number of nitro groups is 1. The topological polar surface area (TPSA) is 125 Å². The van der Waals surface area contributed by atoms with E-state index in [1.807, 2.05) is 6.07 Å². The average molecular weight is 414 g/mol. The van der Waals surface area contributed by atoms with Crippen LogP contribution >= 0.6 is 0 Å². The van der Waals surface area contributed by atoms with Crippen molar-refractivity contribution in [3.63, 3.8) is 0 Å². The zero-order valence-electron chi connectivity index (χ0n) is 16.4. The first kappa shape index (κ1) is 22.5. The van der Waals surface area contributed by atoms with Gasteiger partial charge in [0.25, 0.3) is 0 Å². The molecule has 1 amide bonds. The lowest BCUT2D eigenvalue weighted by molar-refractivity contribution is -0.496. The van der Waals surface area contributed by atoms with Crippen molar-refractivity contribution in [2.45, 2.75) is 32.0 Å². The number of ketones is 1. The molecule has 9 nitrogen and oxygen atoms in total. The van der Waals surface area contributed by atoms with Crippen LogP contribution in [0.15, 0.2) is 60.7 Å². The van der Waals surface area contributed by atoms with E-state index in [1.165, 1.54) is 6.92 Å². The minimum absolute atomic E-state index is 0.0462. The monoisotopic (exact) mass is 414 g/mol. The number of Topliss-reactive ketones (excluding diaryl/α,β-unsaturated/α-hetero) is 1. The molecule has 2 rings (SSSR count). The molecule has 0 saturated heterocycles. The van der Waals surface area contributed by atoms with Gasteiger partial charge in [0.15, 0.2) is 0 Å². The van der Waals surface area contributed by atoms with E-state index in [0.717, 1.165) is 5.56 Å². The van der Waals surface area contributed by atoms with Crippen LogP contribution in [0, 0.1) is 10.1 Å². The van der Waals surface area contributed by atoms with Crippen LogP contribution in [0.1, 0.15) is 18.1 Å². The second-order valence-electron chi connectivity index (χ2n) is 6.29. The Hall–Kier alpha value is -3.75. The molecule has 0 aliphatic rings. The molecular formula is C21H22N2O7. The van der Waals surface area contributed by atoms with Gasteiger partial charge in [-0.25, -0.2) is 9.59 Å².